The van der Waals surface area contributed by atoms with Crippen molar-refractivity contribution in [1.29, 1.82) is 0 Å². The van der Waals surface area contributed by atoms with Crippen molar-refractivity contribution in [2.24, 2.45) is 11.8 Å². The number of anilines is 2. The Balaban J connectivity index is 0.721. The Morgan fingerprint density at radius 3 is 2.55 bits per heavy atom. The number of aliphatic hydroxyl groups excluding tert-OH is 1. The molecular weight excluding hydrogens is 801 g/mol. The topological polar surface area (TPSA) is 167 Å². The zero-order chi connectivity index (χ0) is 43.1. The van der Waals surface area contributed by atoms with Crippen LogP contribution in [0.25, 0.3) is 5.65 Å². The fraction of sp³-hybridized carbons (Fsp3) is 0.578. The van der Waals surface area contributed by atoms with Gasteiger partial charge in [-0.1, -0.05) is 18.2 Å². The highest BCUT2D eigenvalue weighted by Crippen LogP contribution is 2.45. The number of amides is 3. The van der Waals surface area contributed by atoms with E-state index in [-0.39, 0.29) is 65.3 Å². The number of ether oxygens (including phenoxy) is 1. The third-order valence-corrected chi connectivity index (χ3v) is 13.8. The molecule has 0 radical (unpaired) electrons. The first kappa shape index (κ1) is 42.2. The van der Waals surface area contributed by atoms with E-state index < -0.39 is 24.4 Å². The minimum Gasteiger partial charge on any atom is -0.391 e. The van der Waals surface area contributed by atoms with Gasteiger partial charge in [-0.05, 0) is 87.3 Å². The minimum absolute atomic E-state index is 0.00616. The van der Waals surface area contributed by atoms with Crippen LogP contribution in [0.4, 0.5) is 20.3 Å². The average molecular weight is 856 g/mol. The molecule has 15 nitrogen and oxygen atoms in total. The zero-order valence-corrected chi connectivity index (χ0v) is 35.1. The SMILES string of the molecule is CN1C(=O)C(C2CCC(=O)NC2=O)c2cccc(CCCOC3CCN(CC4CCC(n5cc(CC(=O)c6cnn7ccc(N8CC[C@@H](O)C8)nc67)c(C(F)F)n5)CC4)CC3)c21. The number of fused-ring (bicyclic) bond motifs is 2. The van der Waals surface area contributed by atoms with Crippen LogP contribution in [0.15, 0.2) is 42.9 Å². The van der Waals surface area contributed by atoms with Crippen molar-refractivity contribution in [1.82, 2.24) is 34.6 Å². The first-order chi connectivity index (χ1) is 30.0. The van der Waals surface area contributed by atoms with Crippen LogP contribution in [0.5, 0.6) is 0 Å². The number of ketones is 1. The molecule has 3 atom stereocenters. The van der Waals surface area contributed by atoms with Crippen molar-refractivity contribution in [3.63, 3.8) is 0 Å². The molecule has 4 aromatic rings. The minimum atomic E-state index is -2.81. The molecule has 4 aliphatic heterocycles. The summed E-state index contributed by atoms with van der Waals surface area (Å²) in [5, 5.41) is 21.0. The van der Waals surface area contributed by atoms with Crippen LogP contribution in [0, 0.1) is 11.8 Å². The summed E-state index contributed by atoms with van der Waals surface area (Å²) in [6.07, 6.45) is 9.86. The summed E-state index contributed by atoms with van der Waals surface area (Å²) in [4.78, 5) is 62.1. The molecule has 9 rings (SSSR count). The van der Waals surface area contributed by atoms with E-state index in [1.807, 2.05) is 23.1 Å². The quantitative estimate of drug-likeness (QED) is 0.102. The number of hydrogen-bond donors (Lipinski definition) is 2. The number of nitrogens with zero attached hydrogens (tertiary/aromatic N) is 8. The maximum Gasteiger partial charge on any atom is 0.282 e. The van der Waals surface area contributed by atoms with E-state index >= 15 is 0 Å². The van der Waals surface area contributed by atoms with E-state index in [0.717, 1.165) is 87.8 Å². The van der Waals surface area contributed by atoms with Crippen LogP contribution >= 0.6 is 0 Å². The van der Waals surface area contributed by atoms with Crippen LogP contribution in [0.3, 0.4) is 0 Å². The van der Waals surface area contributed by atoms with Gasteiger partial charge in [-0.3, -0.25) is 29.2 Å². The second-order valence-electron chi connectivity index (χ2n) is 17.9. The Kier molecular flexibility index (Phi) is 12.2. The highest BCUT2D eigenvalue weighted by molar-refractivity contribution is 6.09. The molecule has 5 aliphatic rings. The molecule has 4 fully saturated rings. The van der Waals surface area contributed by atoms with Gasteiger partial charge in [0, 0.05) is 77.2 Å². The molecule has 1 aromatic carbocycles. The van der Waals surface area contributed by atoms with Crippen molar-refractivity contribution < 1.29 is 37.8 Å². The Hall–Kier alpha value is -5.13. The molecular formula is C45H55F2N9O6. The predicted octanol–water partition coefficient (Wildman–Crippen LogP) is 4.82. The fourth-order valence-corrected chi connectivity index (χ4v) is 10.5. The summed E-state index contributed by atoms with van der Waals surface area (Å²) in [5.41, 5.74) is 3.29. The van der Waals surface area contributed by atoms with Crippen LogP contribution < -0.4 is 15.1 Å². The smallest absolute Gasteiger partial charge is 0.282 e. The lowest BCUT2D eigenvalue weighted by molar-refractivity contribution is -0.139. The van der Waals surface area contributed by atoms with Gasteiger partial charge in [0.05, 0.1) is 47.5 Å². The fourth-order valence-electron chi connectivity index (χ4n) is 10.5. The molecule has 2 unspecified atom stereocenters. The number of Topliss-reactive ketones (excluding diaryl/α,β-unsaturated/α-hetero) is 1. The maximum atomic E-state index is 14.3. The van der Waals surface area contributed by atoms with E-state index in [1.165, 1.54) is 10.7 Å². The number of β-amino-alcohol motifs (C(OH)–C–C–N with tert-alkyl or cyclic N) is 1. The summed E-state index contributed by atoms with van der Waals surface area (Å²) < 4.78 is 38.1. The summed E-state index contributed by atoms with van der Waals surface area (Å²) in [6, 6.07) is 7.70. The first-order valence-electron chi connectivity index (χ1n) is 22.2. The number of carbonyl (C=O) groups is 4. The van der Waals surface area contributed by atoms with E-state index in [1.54, 1.807) is 35.1 Å². The predicted molar refractivity (Wildman–Crippen MR) is 224 cm³/mol. The van der Waals surface area contributed by atoms with Gasteiger partial charge in [-0.2, -0.15) is 10.2 Å². The Bertz CT molecular complexity index is 2320. The molecule has 330 valence electrons. The van der Waals surface area contributed by atoms with Crippen molar-refractivity contribution in [2.75, 3.05) is 56.2 Å². The molecule has 2 N–H and O–H groups in total. The number of rotatable bonds is 14. The van der Waals surface area contributed by atoms with E-state index in [9.17, 15) is 33.1 Å². The number of hydrogen-bond acceptors (Lipinski definition) is 11. The van der Waals surface area contributed by atoms with Crippen LogP contribution in [-0.2, 0) is 32.0 Å². The normalized spacial score (nSPS) is 25.0. The molecule has 1 aliphatic carbocycles. The van der Waals surface area contributed by atoms with Gasteiger partial charge in [0.25, 0.3) is 6.43 Å². The van der Waals surface area contributed by atoms with Gasteiger partial charge in [0.2, 0.25) is 17.7 Å². The number of imide groups is 1. The number of benzene rings is 1. The van der Waals surface area contributed by atoms with E-state index in [4.69, 9.17) is 4.74 Å². The molecule has 0 bridgehead atoms. The number of halogens is 2. The number of aryl methyl sites for hydroxylation is 1. The number of piperidine rings is 2. The molecule has 62 heavy (non-hydrogen) atoms. The van der Waals surface area contributed by atoms with Crippen LogP contribution in [0.2, 0.25) is 0 Å². The number of aliphatic hydroxyl groups is 1. The van der Waals surface area contributed by atoms with Gasteiger partial charge in [0.15, 0.2) is 11.4 Å². The summed E-state index contributed by atoms with van der Waals surface area (Å²) in [7, 11) is 1.77. The summed E-state index contributed by atoms with van der Waals surface area (Å²) in [5.74, 6) is -1.08. The maximum absolute atomic E-state index is 14.3. The molecule has 3 aromatic heterocycles. The standard InChI is InChI=1S/C45H55F2N9O6/c1-52-41-28(4-2-6-33(41)39(45(52)61)34-11-12-38(59)50-44(34)60)5-3-21-62-32-14-17-53(18-15-32)24-27-7-9-30(10-8-27)56-25-29(40(51-56)42(46)47)22-36(58)35-23-48-55-20-16-37(49-43(35)55)54-19-13-31(57)26-54/h2,4,6,16,20,23,25,27,30-32,34,39,42,57H,3,5,7-15,17-19,21-22,24,26H2,1H3,(H,50,59,60)/t27?,30?,31-,34?,39?/m1/s1. The number of likely N-dealkylation sites (N-methyl/N-ethyl adjacent to an activating group) is 1. The van der Waals surface area contributed by atoms with E-state index in [0.29, 0.717) is 49.9 Å². The summed E-state index contributed by atoms with van der Waals surface area (Å²) >= 11 is 0. The Morgan fingerprint density at radius 2 is 1.81 bits per heavy atom. The van der Waals surface area contributed by atoms with E-state index in [2.05, 4.69) is 25.4 Å². The molecule has 7 heterocycles. The molecule has 17 heteroatoms. The van der Waals surface area contributed by atoms with Crippen LogP contribution in [0.1, 0.15) is 115 Å². The van der Waals surface area contributed by atoms with Gasteiger partial charge in [0.1, 0.15) is 11.5 Å². The lowest BCUT2D eigenvalue weighted by Crippen LogP contribution is -2.44. The average Bonchev–Trinajstić information content (AvgIpc) is 4.06. The number of aromatic nitrogens is 5. The molecule has 3 amide bonds. The Morgan fingerprint density at radius 1 is 1.00 bits per heavy atom. The largest absolute Gasteiger partial charge is 0.391 e. The highest BCUT2D eigenvalue weighted by Gasteiger charge is 2.45. The molecule has 0 spiro atoms. The molecule has 3 saturated heterocycles. The van der Waals surface area contributed by atoms with Crippen molar-refractivity contribution >= 4 is 40.7 Å². The van der Waals surface area contributed by atoms with Crippen LogP contribution in [-0.4, -0.2) is 116 Å². The third kappa shape index (κ3) is 8.63. The van der Waals surface area contributed by atoms with Gasteiger partial charge in [-0.25, -0.2) is 18.3 Å². The van der Waals surface area contributed by atoms with Gasteiger partial charge in [-0.15, -0.1) is 0 Å². The Labute approximate surface area is 358 Å². The molecule has 1 saturated carbocycles. The number of nitrogens with one attached hydrogen (secondary N) is 1. The van der Waals surface area contributed by atoms with Crippen molar-refractivity contribution in [3.8, 4) is 0 Å². The second kappa shape index (κ2) is 17.9. The number of para-hydroxylation sites is 1. The number of carbonyl (C=O) groups excluding carboxylic acids is 4. The summed E-state index contributed by atoms with van der Waals surface area (Å²) in [6.45, 7) is 4.65. The lowest BCUT2D eigenvalue weighted by Gasteiger charge is -2.36. The lowest BCUT2D eigenvalue weighted by atomic mass is 9.81. The second-order valence-corrected chi connectivity index (χ2v) is 17.9. The zero-order valence-electron chi connectivity index (χ0n) is 35.1. The third-order valence-electron chi connectivity index (χ3n) is 13.8. The van der Waals surface area contributed by atoms with Gasteiger partial charge < -0.3 is 24.5 Å². The number of likely N-dealkylation sites (tertiary alicyclic amines) is 1. The first-order valence-corrected chi connectivity index (χ1v) is 22.2. The monoisotopic (exact) mass is 855 g/mol. The van der Waals surface area contributed by atoms with Crippen molar-refractivity contribution in [2.45, 2.75) is 108 Å². The highest BCUT2D eigenvalue weighted by atomic mass is 19.3. The van der Waals surface area contributed by atoms with Gasteiger partial charge >= 0.3 is 0 Å². The van der Waals surface area contributed by atoms with Crippen molar-refractivity contribution in [3.05, 3.63) is 70.8 Å². The number of alkyl halides is 2.